The highest BCUT2D eigenvalue weighted by molar-refractivity contribution is 5.99. The molecule has 1 aromatic heterocycles. The number of ether oxygens (including phenoxy) is 3. The van der Waals surface area contributed by atoms with E-state index in [0.29, 0.717) is 29.2 Å². The first-order valence-corrected chi connectivity index (χ1v) is 15.4. The third kappa shape index (κ3) is 6.79. The first kappa shape index (κ1) is 32.4. The Kier molecular flexibility index (Phi) is 9.24. The van der Waals surface area contributed by atoms with Crippen molar-refractivity contribution in [2.45, 2.75) is 59.7 Å². The number of nitrogens with zero attached hydrogens (tertiary/aromatic N) is 1. The lowest BCUT2D eigenvalue weighted by molar-refractivity contribution is 0.00703. The van der Waals surface area contributed by atoms with Crippen LogP contribution in [0, 0.1) is 13.8 Å². The van der Waals surface area contributed by atoms with E-state index in [2.05, 4.69) is 35.9 Å². The Hall–Kier alpha value is -5.04. The number of aryl methyl sites for hydroxylation is 1. The molecule has 0 fully saturated rings. The Bertz CT molecular complexity index is 1900. The number of hydrogen-bond donors (Lipinski definition) is 1. The van der Waals surface area contributed by atoms with Crippen LogP contribution in [-0.4, -0.2) is 36.3 Å². The van der Waals surface area contributed by atoms with Crippen LogP contribution < -0.4 is 14.8 Å². The highest BCUT2D eigenvalue weighted by Crippen LogP contribution is 2.31. The summed E-state index contributed by atoms with van der Waals surface area (Å²) >= 11 is 0. The highest BCUT2D eigenvalue weighted by atomic mass is 16.6. The lowest BCUT2D eigenvalue weighted by atomic mass is 9.98. The fourth-order valence-corrected chi connectivity index (χ4v) is 5.75. The minimum absolute atomic E-state index is 0.153. The van der Waals surface area contributed by atoms with Crippen LogP contribution in [0.5, 0.6) is 11.5 Å². The van der Waals surface area contributed by atoms with Crippen LogP contribution in [0.4, 0.5) is 0 Å². The molecule has 238 valence electrons. The van der Waals surface area contributed by atoms with Crippen molar-refractivity contribution in [1.82, 2.24) is 9.88 Å². The van der Waals surface area contributed by atoms with E-state index in [0.717, 1.165) is 44.4 Å². The molecule has 4 aromatic carbocycles. The Morgan fingerprint density at radius 1 is 0.870 bits per heavy atom. The second kappa shape index (κ2) is 13.1. The summed E-state index contributed by atoms with van der Waals surface area (Å²) in [7, 11) is 3.22. The minimum atomic E-state index is -0.571. The van der Waals surface area contributed by atoms with Crippen molar-refractivity contribution in [1.29, 1.82) is 0 Å². The van der Waals surface area contributed by atoms with E-state index in [1.54, 1.807) is 20.3 Å². The molecule has 7 heteroatoms. The maximum atomic E-state index is 13.4. The van der Waals surface area contributed by atoms with E-state index < -0.39 is 5.60 Å². The van der Waals surface area contributed by atoms with Gasteiger partial charge >= 0.3 is 5.97 Å². The van der Waals surface area contributed by atoms with Gasteiger partial charge in [-0.2, -0.15) is 0 Å². The summed E-state index contributed by atoms with van der Waals surface area (Å²) in [5.74, 6) is 0.866. The van der Waals surface area contributed by atoms with Crippen LogP contribution in [0.25, 0.3) is 22.0 Å². The predicted molar refractivity (Wildman–Crippen MR) is 183 cm³/mol. The summed E-state index contributed by atoms with van der Waals surface area (Å²) in [6.07, 6.45) is 0. The first-order chi connectivity index (χ1) is 21.9. The van der Waals surface area contributed by atoms with Crippen molar-refractivity contribution in [3.8, 4) is 22.6 Å². The number of hydrogen-bond acceptors (Lipinski definition) is 5. The number of fused-ring (bicyclic) bond motifs is 1. The molecule has 0 aliphatic rings. The van der Waals surface area contributed by atoms with Crippen molar-refractivity contribution in [2.24, 2.45) is 0 Å². The second-order valence-corrected chi connectivity index (χ2v) is 12.6. The SMILES string of the molecule is COc1ccc([C@H](C)NC(=O)c2ccc3c(c2)c(C)c(C)n3Cc2ccc(-c3ccccc3C(=O)OC(C)(C)C)cc2)c(OC)c1. The quantitative estimate of drug-likeness (QED) is 0.168. The number of amides is 1. The number of methoxy groups -OCH3 is 2. The van der Waals surface area contributed by atoms with Crippen molar-refractivity contribution < 1.29 is 23.8 Å². The van der Waals surface area contributed by atoms with Gasteiger partial charge in [0.05, 0.1) is 25.8 Å². The largest absolute Gasteiger partial charge is 0.497 e. The number of rotatable bonds is 9. The third-order valence-corrected chi connectivity index (χ3v) is 8.31. The van der Waals surface area contributed by atoms with E-state index in [1.807, 2.05) is 94.4 Å². The molecule has 1 N–H and O–H groups in total. The molecule has 0 unspecified atom stereocenters. The normalized spacial score (nSPS) is 12.1. The summed E-state index contributed by atoms with van der Waals surface area (Å²) in [6, 6.07) is 27.0. The van der Waals surface area contributed by atoms with Gasteiger partial charge in [-0.3, -0.25) is 4.79 Å². The number of carbonyl (C=O) groups excluding carboxylic acids is 2. The van der Waals surface area contributed by atoms with Gasteiger partial charge in [0.15, 0.2) is 0 Å². The molecular weight excluding hydrogens is 576 g/mol. The molecular formula is C39H42N2O5. The molecule has 46 heavy (non-hydrogen) atoms. The smallest absolute Gasteiger partial charge is 0.339 e. The van der Waals surface area contributed by atoms with E-state index >= 15 is 0 Å². The summed E-state index contributed by atoms with van der Waals surface area (Å²) in [5, 5.41) is 4.16. The van der Waals surface area contributed by atoms with E-state index in [9.17, 15) is 9.59 Å². The lowest BCUT2D eigenvalue weighted by Crippen LogP contribution is -2.26. The maximum Gasteiger partial charge on any atom is 0.339 e. The zero-order valence-corrected chi connectivity index (χ0v) is 27.9. The molecule has 0 aliphatic carbocycles. The molecule has 1 atom stereocenters. The third-order valence-electron chi connectivity index (χ3n) is 8.31. The van der Waals surface area contributed by atoms with Gasteiger partial charge in [-0.05, 0) is 100 Å². The van der Waals surface area contributed by atoms with Gasteiger partial charge in [-0.25, -0.2) is 4.79 Å². The molecule has 1 amide bonds. The van der Waals surface area contributed by atoms with Gasteiger partial charge in [-0.1, -0.05) is 42.5 Å². The fourth-order valence-electron chi connectivity index (χ4n) is 5.75. The lowest BCUT2D eigenvalue weighted by Gasteiger charge is -2.20. The topological polar surface area (TPSA) is 78.8 Å². The van der Waals surface area contributed by atoms with Gasteiger partial charge in [0.2, 0.25) is 0 Å². The van der Waals surface area contributed by atoms with Gasteiger partial charge in [0.1, 0.15) is 17.1 Å². The predicted octanol–water partition coefficient (Wildman–Crippen LogP) is 8.44. The van der Waals surface area contributed by atoms with Gasteiger partial charge in [0, 0.05) is 40.3 Å². The van der Waals surface area contributed by atoms with Crippen molar-refractivity contribution in [3.05, 3.63) is 118 Å². The fraction of sp³-hybridized carbons (Fsp3) is 0.282. The zero-order chi connectivity index (χ0) is 33.2. The molecule has 0 saturated carbocycles. The molecule has 7 nitrogen and oxygen atoms in total. The van der Waals surface area contributed by atoms with Crippen LogP contribution >= 0.6 is 0 Å². The summed E-state index contributed by atoms with van der Waals surface area (Å²) in [6.45, 7) is 12.4. The summed E-state index contributed by atoms with van der Waals surface area (Å²) in [4.78, 5) is 26.3. The van der Waals surface area contributed by atoms with Gasteiger partial charge < -0.3 is 24.1 Å². The Labute approximate surface area is 271 Å². The van der Waals surface area contributed by atoms with E-state index in [-0.39, 0.29) is 17.9 Å². The molecule has 0 aliphatic heterocycles. The van der Waals surface area contributed by atoms with Gasteiger partial charge in [-0.15, -0.1) is 0 Å². The monoisotopic (exact) mass is 618 g/mol. The van der Waals surface area contributed by atoms with Crippen LogP contribution in [0.3, 0.4) is 0 Å². The Morgan fingerprint density at radius 2 is 1.59 bits per heavy atom. The van der Waals surface area contributed by atoms with Gasteiger partial charge in [0.25, 0.3) is 5.91 Å². The zero-order valence-electron chi connectivity index (χ0n) is 27.9. The van der Waals surface area contributed by atoms with E-state index in [1.165, 1.54) is 0 Å². The highest BCUT2D eigenvalue weighted by Gasteiger charge is 2.21. The molecule has 0 bridgehead atoms. The van der Waals surface area contributed by atoms with Crippen molar-refractivity contribution in [3.63, 3.8) is 0 Å². The minimum Gasteiger partial charge on any atom is -0.497 e. The number of carbonyl (C=O) groups is 2. The average molecular weight is 619 g/mol. The summed E-state index contributed by atoms with van der Waals surface area (Å²) in [5.41, 5.74) is 7.71. The average Bonchev–Trinajstić information content (AvgIpc) is 3.28. The molecule has 0 saturated heterocycles. The molecule has 5 rings (SSSR count). The number of benzene rings is 4. The van der Waals surface area contributed by atoms with Crippen molar-refractivity contribution >= 4 is 22.8 Å². The molecule has 0 spiro atoms. The Morgan fingerprint density at radius 3 is 2.26 bits per heavy atom. The molecule has 0 radical (unpaired) electrons. The number of esters is 1. The number of nitrogens with one attached hydrogen (secondary N) is 1. The molecule has 5 aromatic rings. The van der Waals surface area contributed by atoms with Crippen LogP contribution in [-0.2, 0) is 11.3 Å². The maximum absolute atomic E-state index is 13.4. The Balaban J connectivity index is 1.36. The van der Waals surface area contributed by atoms with Crippen molar-refractivity contribution in [2.75, 3.05) is 14.2 Å². The first-order valence-electron chi connectivity index (χ1n) is 15.4. The second-order valence-electron chi connectivity index (χ2n) is 12.6. The molecule has 1 heterocycles. The standard InChI is InChI=1S/C39H42N2O5/c1-24-26(3)41(23-27-13-15-28(16-14-27)32-11-9-10-12-33(32)38(43)46-39(4,5)6)35-20-17-29(21-34(24)35)37(42)40-25(2)31-19-18-30(44-7)22-36(31)45-8/h9-22,25H,23H2,1-8H3,(H,40,42)/t25-/m0/s1. The number of aromatic nitrogens is 1. The van der Waals surface area contributed by atoms with Crippen LogP contribution in [0.1, 0.15) is 76.8 Å². The summed E-state index contributed by atoms with van der Waals surface area (Å²) < 4.78 is 18.8. The van der Waals surface area contributed by atoms with E-state index in [4.69, 9.17) is 14.2 Å². The van der Waals surface area contributed by atoms with Crippen LogP contribution in [0.2, 0.25) is 0 Å². The van der Waals surface area contributed by atoms with Crippen LogP contribution in [0.15, 0.2) is 84.9 Å².